The third kappa shape index (κ3) is 4.61. The number of ether oxygens (including phenoxy) is 1. The van der Waals surface area contributed by atoms with Crippen LogP contribution >= 0.6 is 0 Å². The lowest BCUT2D eigenvalue weighted by atomic mass is 10.1. The maximum absolute atomic E-state index is 12.0. The van der Waals surface area contributed by atoms with Gasteiger partial charge in [-0.3, -0.25) is 4.79 Å². The molecule has 1 aromatic rings. The van der Waals surface area contributed by atoms with Crippen LogP contribution in [0.1, 0.15) is 51.0 Å². The van der Waals surface area contributed by atoms with Crippen LogP contribution in [0.15, 0.2) is 39.5 Å². The second-order valence-corrected chi connectivity index (χ2v) is 6.62. The zero-order chi connectivity index (χ0) is 18.4. The van der Waals surface area contributed by atoms with E-state index in [1.165, 1.54) is 44.2 Å². The van der Waals surface area contributed by atoms with E-state index in [4.69, 9.17) is 9.15 Å². The van der Waals surface area contributed by atoms with Crippen molar-refractivity contribution in [2.45, 2.75) is 52.1 Å². The van der Waals surface area contributed by atoms with Gasteiger partial charge < -0.3 is 14.3 Å². The number of hydrogen-bond acceptors (Lipinski definition) is 5. The van der Waals surface area contributed by atoms with Gasteiger partial charge in [-0.1, -0.05) is 39.0 Å². The van der Waals surface area contributed by atoms with Crippen LogP contribution in [-0.4, -0.2) is 16.7 Å². The maximum atomic E-state index is 12.0. The number of unbranched alkanes of at least 4 members (excludes halogenated alkanes) is 5. The van der Waals surface area contributed by atoms with Gasteiger partial charge in [-0.05, 0) is 24.6 Å². The molecule has 0 unspecified atom stereocenters. The molecule has 1 aliphatic heterocycles. The smallest absolute Gasteiger partial charge is 0.182 e. The minimum absolute atomic E-state index is 0.100. The summed E-state index contributed by atoms with van der Waals surface area (Å²) in [5, 5.41) is 9.58. The van der Waals surface area contributed by atoms with Gasteiger partial charge in [-0.15, -0.1) is 0 Å². The molecule has 138 valence electrons. The Morgan fingerprint density at radius 2 is 1.88 bits per heavy atom. The summed E-state index contributed by atoms with van der Waals surface area (Å²) in [5.41, 5.74) is 2.30. The molecule has 0 spiro atoms. The third-order valence-electron chi connectivity index (χ3n) is 4.42. The molecule has 0 aromatic heterocycles. The summed E-state index contributed by atoms with van der Waals surface area (Å²) in [4.78, 5) is 16.5. The topological polar surface area (TPSA) is 72.6 Å². The number of benzene rings is 2. The average Bonchev–Trinajstić information content (AvgIpc) is 2.62. The fourth-order valence-corrected chi connectivity index (χ4v) is 3.03. The lowest BCUT2D eigenvalue weighted by molar-refractivity contribution is 0.116. The van der Waals surface area contributed by atoms with Crippen molar-refractivity contribution in [3.8, 4) is 17.2 Å². The first-order valence-corrected chi connectivity index (χ1v) is 9.31. The zero-order valence-electron chi connectivity index (χ0n) is 15.2. The SMILES string of the molecule is CCCCCCCCOCc1cc(=O)cc2oc3cc(O)ccc3nc1-2. The summed E-state index contributed by atoms with van der Waals surface area (Å²) in [6.45, 7) is 3.23. The summed E-state index contributed by atoms with van der Waals surface area (Å²) in [6.07, 6.45) is 7.27. The Bertz CT molecular complexity index is 887. The minimum atomic E-state index is -0.138. The summed E-state index contributed by atoms with van der Waals surface area (Å²) < 4.78 is 11.5. The molecule has 1 aliphatic carbocycles. The standard InChI is InChI=1S/C21H25NO4/c1-2-3-4-5-6-7-10-25-14-15-11-17(24)13-20-21(15)22-18-9-8-16(23)12-19(18)26-20/h8-9,11-13,23H,2-7,10,14H2,1H3. The molecule has 0 amide bonds. The number of hydrogen-bond donors (Lipinski definition) is 1. The minimum Gasteiger partial charge on any atom is -0.508 e. The van der Waals surface area contributed by atoms with E-state index in [0.29, 0.717) is 35.8 Å². The van der Waals surface area contributed by atoms with Crippen molar-refractivity contribution >= 4 is 11.1 Å². The van der Waals surface area contributed by atoms with Crippen molar-refractivity contribution in [3.05, 3.63) is 46.1 Å². The van der Waals surface area contributed by atoms with Crippen molar-refractivity contribution in [3.63, 3.8) is 0 Å². The summed E-state index contributed by atoms with van der Waals surface area (Å²) in [6, 6.07) is 7.72. The summed E-state index contributed by atoms with van der Waals surface area (Å²) in [7, 11) is 0. The maximum Gasteiger partial charge on any atom is 0.182 e. The first kappa shape index (κ1) is 18.4. The second kappa shape index (κ2) is 8.81. The number of phenolic OH excluding ortho intramolecular Hbond substituents is 1. The van der Waals surface area contributed by atoms with Crippen LogP contribution in [0, 0.1) is 0 Å². The van der Waals surface area contributed by atoms with Gasteiger partial charge in [0.1, 0.15) is 17.0 Å². The van der Waals surface area contributed by atoms with Crippen molar-refractivity contribution in [2.75, 3.05) is 6.61 Å². The third-order valence-corrected chi connectivity index (χ3v) is 4.42. The molecule has 5 heteroatoms. The number of rotatable bonds is 9. The summed E-state index contributed by atoms with van der Waals surface area (Å²) in [5.74, 6) is 0.511. The number of fused-ring (bicyclic) bond motifs is 2. The van der Waals surface area contributed by atoms with Crippen molar-refractivity contribution < 1.29 is 14.3 Å². The Balaban J connectivity index is 1.68. The fourth-order valence-electron chi connectivity index (χ4n) is 3.03. The molecular weight excluding hydrogens is 330 g/mol. The van der Waals surface area contributed by atoms with E-state index in [9.17, 15) is 9.90 Å². The monoisotopic (exact) mass is 355 g/mol. The first-order chi connectivity index (χ1) is 12.7. The van der Waals surface area contributed by atoms with Crippen LogP contribution in [0.5, 0.6) is 5.75 Å². The first-order valence-electron chi connectivity index (χ1n) is 9.31. The van der Waals surface area contributed by atoms with Crippen LogP contribution < -0.4 is 5.43 Å². The van der Waals surface area contributed by atoms with Crippen molar-refractivity contribution in [1.82, 2.24) is 4.98 Å². The molecule has 0 radical (unpaired) electrons. The Labute approximate surface area is 153 Å². The van der Waals surface area contributed by atoms with Gasteiger partial charge in [-0.2, -0.15) is 0 Å². The molecule has 0 atom stereocenters. The molecule has 1 heterocycles. The van der Waals surface area contributed by atoms with E-state index in [2.05, 4.69) is 11.9 Å². The quantitative estimate of drug-likeness (QED) is 0.438. The van der Waals surface area contributed by atoms with Gasteiger partial charge in [0.2, 0.25) is 0 Å². The van der Waals surface area contributed by atoms with E-state index in [1.54, 1.807) is 18.2 Å². The Hall–Kier alpha value is -2.40. The van der Waals surface area contributed by atoms with Crippen LogP contribution in [0.3, 0.4) is 0 Å². The molecule has 0 saturated carbocycles. The van der Waals surface area contributed by atoms with Gasteiger partial charge >= 0.3 is 0 Å². The van der Waals surface area contributed by atoms with E-state index in [0.717, 1.165) is 12.0 Å². The number of phenols is 1. The van der Waals surface area contributed by atoms with Crippen LogP contribution in [0.25, 0.3) is 22.6 Å². The highest BCUT2D eigenvalue weighted by Crippen LogP contribution is 2.28. The second-order valence-electron chi connectivity index (χ2n) is 6.62. The van der Waals surface area contributed by atoms with Crippen LogP contribution in [0.4, 0.5) is 0 Å². The Morgan fingerprint density at radius 1 is 1.08 bits per heavy atom. The van der Waals surface area contributed by atoms with Gasteiger partial charge in [0.15, 0.2) is 16.8 Å². The highest BCUT2D eigenvalue weighted by atomic mass is 16.5. The van der Waals surface area contributed by atoms with E-state index >= 15 is 0 Å². The van der Waals surface area contributed by atoms with Gasteiger partial charge in [-0.25, -0.2) is 4.98 Å². The highest BCUT2D eigenvalue weighted by Gasteiger charge is 2.15. The van der Waals surface area contributed by atoms with Crippen molar-refractivity contribution in [1.29, 1.82) is 0 Å². The molecule has 0 fully saturated rings. The fraction of sp³-hybridized carbons (Fsp3) is 0.429. The van der Waals surface area contributed by atoms with Gasteiger partial charge in [0.05, 0.1) is 6.61 Å². The van der Waals surface area contributed by atoms with E-state index in [1.807, 2.05) is 0 Å². The molecule has 26 heavy (non-hydrogen) atoms. The Kier molecular flexibility index (Phi) is 6.23. The van der Waals surface area contributed by atoms with Crippen LogP contribution in [0.2, 0.25) is 0 Å². The van der Waals surface area contributed by atoms with Crippen molar-refractivity contribution in [2.24, 2.45) is 0 Å². The molecular formula is C21H25NO4. The average molecular weight is 355 g/mol. The summed E-state index contributed by atoms with van der Waals surface area (Å²) >= 11 is 0. The molecule has 0 bridgehead atoms. The lowest BCUT2D eigenvalue weighted by Gasteiger charge is -2.11. The van der Waals surface area contributed by atoms with Crippen LogP contribution in [-0.2, 0) is 11.3 Å². The van der Waals surface area contributed by atoms with Gasteiger partial charge in [0.25, 0.3) is 0 Å². The highest BCUT2D eigenvalue weighted by molar-refractivity contribution is 5.78. The normalized spacial score (nSPS) is 11.4. The molecule has 2 aliphatic rings. The molecule has 1 N–H and O–H groups in total. The van der Waals surface area contributed by atoms with E-state index in [-0.39, 0.29) is 11.2 Å². The molecule has 1 aromatic carbocycles. The molecule has 0 saturated heterocycles. The van der Waals surface area contributed by atoms with Gasteiger partial charge in [0, 0.05) is 24.3 Å². The predicted octanol–water partition coefficient (Wildman–Crippen LogP) is 4.88. The lowest BCUT2D eigenvalue weighted by Crippen LogP contribution is -2.07. The Morgan fingerprint density at radius 3 is 2.73 bits per heavy atom. The molecule has 3 rings (SSSR count). The number of aromatic nitrogens is 1. The number of nitrogens with zero attached hydrogens (tertiary/aromatic N) is 1. The number of aromatic hydroxyl groups is 1. The zero-order valence-corrected chi connectivity index (χ0v) is 15.2. The van der Waals surface area contributed by atoms with E-state index < -0.39 is 0 Å². The largest absolute Gasteiger partial charge is 0.508 e. The predicted molar refractivity (Wildman–Crippen MR) is 102 cm³/mol. The molecule has 5 nitrogen and oxygen atoms in total.